The van der Waals surface area contributed by atoms with Crippen molar-refractivity contribution >= 4 is 33.4 Å². The van der Waals surface area contributed by atoms with Gasteiger partial charge in [-0.2, -0.15) is 0 Å². The van der Waals surface area contributed by atoms with Crippen molar-refractivity contribution in [2.45, 2.75) is 26.7 Å². The van der Waals surface area contributed by atoms with E-state index in [2.05, 4.69) is 29.8 Å². The lowest BCUT2D eigenvalue weighted by Gasteiger charge is -2.21. The van der Waals surface area contributed by atoms with Gasteiger partial charge < -0.3 is 4.90 Å². The van der Waals surface area contributed by atoms with Gasteiger partial charge in [-0.15, -0.1) is 0 Å². The molecule has 17 heavy (non-hydrogen) atoms. The van der Waals surface area contributed by atoms with E-state index in [1.165, 1.54) is 0 Å². The molecule has 0 N–H and O–H groups in total. The number of carbonyl (C=O) groups excluding carboxylic acids is 1. The largest absolute Gasteiger partial charge is 0.339 e. The van der Waals surface area contributed by atoms with E-state index < -0.39 is 0 Å². The second-order valence-corrected chi connectivity index (χ2v) is 5.18. The summed E-state index contributed by atoms with van der Waals surface area (Å²) in [6.07, 6.45) is 1.94. The highest BCUT2D eigenvalue weighted by Gasteiger charge is 2.14. The number of hydrogen-bond acceptors (Lipinski definition) is 1. The Morgan fingerprint density at radius 1 is 1.29 bits per heavy atom. The maximum atomic E-state index is 12.2. The Kier molecular flexibility index (Phi) is 6.00. The summed E-state index contributed by atoms with van der Waals surface area (Å²) in [5, 5.41) is 0.573. The lowest BCUT2D eigenvalue weighted by Crippen LogP contribution is -2.32. The maximum Gasteiger partial charge on any atom is 0.253 e. The van der Waals surface area contributed by atoms with Gasteiger partial charge in [0.05, 0.1) is 5.02 Å². The Hall–Kier alpha value is -0.540. The molecule has 4 heteroatoms. The van der Waals surface area contributed by atoms with Gasteiger partial charge in [-0.05, 0) is 47.0 Å². The Bertz CT molecular complexity index is 389. The normalized spacial score (nSPS) is 10.4. The van der Waals surface area contributed by atoms with Crippen LogP contribution in [0.4, 0.5) is 0 Å². The molecule has 1 amide bonds. The van der Waals surface area contributed by atoms with Crippen LogP contribution in [-0.2, 0) is 0 Å². The van der Waals surface area contributed by atoms with Crippen molar-refractivity contribution in [3.63, 3.8) is 0 Å². The highest BCUT2D eigenvalue weighted by atomic mass is 79.9. The summed E-state index contributed by atoms with van der Waals surface area (Å²) >= 11 is 9.32. The van der Waals surface area contributed by atoms with Crippen molar-refractivity contribution in [3.8, 4) is 0 Å². The van der Waals surface area contributed by atoms with Crippen LogP contribution < -0.4 is 0 Å². The number of halogens is 2. The molecule has 0 bridgehead atoms. The van der Waals surface area contributed by atoms with E-state index in [9.17, 15) is 4.79 Å². The lowest BCUT2D eigenvalue weighted by molar-refractivity contribution is 0.0755. The van der Waals surface area contributed by atoms with E-state index in [1.807, 2.05) is 11.0 Å². The number of benzene rings is 1. The van der Waals surface area contributed by atoms with Crippen molar-refractivity contribution < 1.29 is 4.79 Å². The Morgan fingerprint density at radius 3 is 2.35 bits per heavy atom. The molecule has 94 valence electrons. The fourth-order valence-electron chi connectivity index (χ4n) is 1.67. The summed E-state index contributed by atoms with van der Waals surface area (Å²) in [5.74, 6) is 0.0584. The topological polar surface area (TPSA) is 20.3 Å². The fraction of sp³-hybridized carbons (Fsp3) is 0.462. The number of amides is 1. The van der Waals surface area contributed by atoms with Crippen molar-refractivity contribution in [1.29, 1.82) is 0 Å². The average molecular weight is 319 g/mol. The van der Waals surface area contributed by atoms with Gasteiger partial charge >= 0.3 is 0 Å². The van der Waals surface area contributed by atoms with Gasteiger partial charge in [0.25, 0.3) is 5.91 Å². The molecule has 0 unspecified atom stereocenters. The minimum atomic E-state index is 0.0584. The van der Waals surface area contributed by atoms with Crippen LogP contribution >= 0.6 is 27.5 Å². The van der Waals surface area contributed by atoms with E-state index >= 15 is 0 Å². The molecule has 0 heterocycles. The molecule has 0 atom stereocenters. The summed E-state index contributed by atoms with van der Waals surface area (Å²) in [5.41, 5.74) is 0.653. The molecule has 0 radical (unpaired) electrons. The third kappa shape index (κ3) is 4.00. The molecule has 0 aromatic heterocycles. The SMILES string of the molecule is CCCN(CCC)C(=O)c1ccc(Br)c(Cl)c1. The quantitative estimate of drug-likeness (QED) is 0.789. The first-order valence-corrected chi connectivity index (χ1v) is 7.01. The number of nitrogens with zero attached hydrogens (tertiary/aromatic N) is 1. The first kappa shape index (κ1) is 14.5. The lowest BCUT2D eigenvalue weighted by atomic mass is 10.2. The molecule has 1 aromatic carbocycles. The van der Waals surface area contributed by atoms with Crippen molar-refractivity contribution in [1.82, 2.24) is 4.90 Å². The highest BCUT2D eigenvalue weighted by Crippen LogP contribution is 2.23. The Balaban J connectivity index is 2.88. The monoisotopic (exact) mass is 317 g/mol. The van der Waals surface area contributed by atoms with Crippen LogP contribution in [-0.4, -0.2) is 23.9 Å². The zero-order valence-electron chi connectivity index (χ0n) is 10.2. The number of carbonyl (C=O) groups is 1. The standard InChI is InChI=1S/C13H17BrClNO/c1-3-7-16(8-4-2)13(17)10-5-6-11(14)12(15)9-10/h5-6,9H,3-4,7-8H2,1-2H3. The van der Waals surface area contributed by atoms with E-state index in [-0.39, 0.29) is 5.91 Å². The molecule has 0 fully saturated rings. The molecular formula is C13H17BrClNO. The minimum Gasteiger partial charge on any atom is -0.339 e. The van der Waals surface area contributed by atoms with Gasteiger partial charge in [0, 0.05) is 23.1 Å². The van der Waals surface area contributed by atoms with Gasteiger partial charge in [0.1, 0.15) is 0 Å². The van der Waals surface area contributed by atoms with Gasteiger partial charge in [0.15, 0.2) is 0 Å². The highest BCUT2D eigenvalue weighted by molar-refractivity contribution is 9.10. The first-order valence-electron chi connectivity index (χ1n) is 5.84. The number of hydrogen-bond donors (Lipinski definition) is 0. The van der Waals surface area contributed by atoms with Crippen LogP contribution in [0.15, 0.2) is 22.7 Å². The van der Waals surface area contributed by atoms with Gasteiger partial charge in [-0.25, -0.2) is 0 Å². The third-order valence-corrected chi connectivity index (χ3v) is 3.67. The minimum absolute atomic E-state index is 0.0584. The van der Waals surface area contributed by atoms with E-state index in [0.717, 1.165) is 30.4 Å². The first-order chi connectivity index (χ1) is 8.10. The molecule has 0 saturated heterocycles. The van der Waals surface area contributed by atoms with Crippen molar-refractivity contribution in [3.05, 3.63) is 33.3 Å². The van der Waals surface area contributed by atoms with Crippen LogP contribution in [0.25, 0.3) is 0 Å². The van der Waals surface area contributed by atoms with E-state index in [0.29, 0.717) is 10.6 Å². The molecule has 0 aliphatic rings. The maximum absolute atomic E-state index is 12.2. The van der Waals surface area contributed by atoms with Crippen molar-refractivity contribution in [2.24, 2.45) is 0 Å². The zero-order valence-corrected chi connectivity index (χ0v) is 12.5. The molecule has 0 aliphatic heterocycles. The summed E-state index contributed by atoms with van der Waals surface area (Å²) in [6.45, 7) is 5.73. The molecule has 0 aliphatic carbocycles. The molecule has 1 aromatic rings. The Morgan fingerprint density at radius 2 is 1.88 bits per heavy atom. The van der Waals surface area contributed by atoms with Crippen LogP contribution in [0, 0.1) is 0 Å². The average Bonchev–Trinajstić information content (AvgIpc) is 2.31. The summed E-state index contributed by atoms with van der Waals surface area (Å²) < 4.78 is 0.813. The van der Waals surface area contributed by atoms with Crippen LogP contribution in [0.1, 0.15) is 37.0 Å². The fourth-order valence-corrected chi connectivity index (χ4v) is 2.09. The second-order valence-electron chi connectivity index (χ2n) is 3.92. The third-order valence-electron chi connectivity index (χ3n) is 2.44. The predicted molar refractivity (Wildman–Crippen MR) is 75.6 cm³/mol. The number of rotatable bonds is 5. The molecule has 0 spiro atoms. The predicted octanol–water partition coefficient (Wildman–Crippen LogP) is 4.36. The summed E-state index contributed by atoms with van der Waals surface area (Å²) in [7, 11) is 0. The van der Waals surface area contributed by atoms with Gasteiger partial charge in [-0.1, -0.05) is 25.4 Å². The molecule has 0 saturated carbocycles. The van der Waals surface area contributed by atoms with Crippen LogP contribution in [0.5, 0.6) is 0 Å². The van der Waals surface area contributed by atoms with Gasteiger partial charge in [0.2, 0.25) is 0 Å². The smallest absolute Gasteiger partial charge is 0.253 e. The van der Waals surface area contributed by atoms with E-state index in [4.69, 9.17) is 11.6 Å². The molecular weight excluding hydrogens is 302 g/mol. The zero-order chi connectivity index (χ0) is 12.8. The molecule has 1 rings (SSSR count). The van der Waals surface area contributed by atoms with Crippen LogP contribution in [0.2, 0.25) is 5.02 Å². The van der Waals surface area contributed by atoms with Gasteiger partial charge in [-0.3, -0.25) is 4.79 Å². The van der Waals surface area contributed by atoms with E-state index in [1.54, 1.807) is 12.1 Å². The molecule has 2 nitrogen and oxygen atoms in total. The summed E-state index contributed by atoms with van der Waals surface area (Å²) in [4.78, 5) is 14.1. The summed E-state index contributed by atoms with van der Waals surface area (Å²) in [6, 6.07) is 5.33. The van der Waals surface area contributed by atoms with Crippen molar-refractivity contribution in [2.75, 3.05) is 13.1 Å². The Labute approximate surface area is 116 Å². The van der Waals surface area contributed by atoms with Crippen LogP contribution in [0.3, 0.4) is 0 Å². The second kappa shape index (κ2) is 7.02.